The number of imidazole rings is 1. The van der Waals surface area contributed by atoms with Crippen molar-refractivity contribution < 1.29 is 0 Å². The molecule has 0 aliphatic carbocycles. The monoisotopic (exact) mass is 372 g/mol. The topological polar surface area (TPSA) is 43.1 Å². The minimum Gasteiger partial charge on any atom is -0.298 e. The molecule has 0 radical (unpaired) electrons. The molecule has 0 aliphatic rings. The maximum atomic E-state index is 5.05. The van der Waals surface area contributed by atoms with Crippen LogP contribution in [0.1, 0.15) is 0 Å². The molecular formula is C25H16N4. The van der Waals surface area contributed by atoms with Crippen molar-refractivity contribution in [3.63, 3.8) is 0 Å². The summed E-state index contributed by atoms with van der Waals surface area (Å²) in [5.74, 6) is 0. The lowest BCUT2D eigenvalue weighted by atomic mass is 10.0. The van der Waals surface area contributed by atoms with E-state index in [2.05, 4.69) is 52.0 Å². The molecule has 0 spiro atoms. The van der Waals surface area contributed by atoms with Crippen molar-refractivity contribution in [2.45, 2.75) is 0 Å². The predicted octanol–water partition coefficient (Wildman–Crippen LogP) is 5.76. The molecule has 0 N–H and O–H groups in total. The zero-order valence-electron chi connectivity index (χ0n) is 15.5. The summed E-state index contributed by atoms with van der Waals surface area (Å²) < 4.78 is 2.13. The summed E-state index contributed by atoms with van der Waals surface area (Å²) in [4.78, 5) is 14.3. The second kappa shape index (κ2) is 6.24. The number of fused-ring (bicyclic) bond motifs is 5. The molecule has 4 heterocycles. The number of aromatic nitrogens is 4. The van der Waals surface area contributed by atoms with Crippen LogP contribution in [-0.2, 0) is 0 Å². The lowest BCUT2D eigenvalue weighted by molar-refractivity contribution is 1.22. The highest BCUT2D eigenvalue weighted by Crippen LogP contribution is 2.34. The Labute approximate surface area is 167 Å². The number of hydrogen-bond donors (Lipinski definition) is 0. The van der Waals surface area contributed by atoms with Gasteiger partial charge in [0.25, 0.3) is 0 Å². The zero-order valence-corrected chi connectivity index (χ0v) is 15.5. The molecule has 0 bridgehead atoms. The van der Waals surface area contributed by atoms with Crippen LogP contribution in [-0.4, -0.2) is 19.4 Å². The fourth-order valence-electron chi connectivity index (χ4n) is 3.92. The Hall–Kier alpha value is -4.05. The van der Waals surface area contributed by atoms with Gasteiger partial charge in [-0.2, -0.15) is 0 Å². The number of benzene rings is 2. The van der Waals surface area contributed by atoms with Crippen molar-refractivity contribution in [3.05, 3.63) is 97.5 Å². The van der Waals surface area contributed by atoms with Crippen LogP contribution in [0, 0.1) is 0 Å². The Morgan fingerprint density at radius 2 is 1.55 bits per heavy atom. The van der Waals surface area contributed by atoms with Gasteiger partial charge in [-0.1, -0.05) is 48.5 Å². The van der Waals surface area contributed by atoms with Crippen LogP contribution in [0.5, 0.6) is 0 Å². The van der Waals surface area contributed by atoms with Crippen molar-refractivity contribution in [3.8, 4) is 22.4 Å². The summed E-state index contributed by atoms with van der Waals surface area (Å²) in [6.45, 7) is 0. The van der Waals surface area contributed by atoms with Gasteiger partial charge in [-0.05, 0) is 35.9 Å². The van der Waals surface area contributed by atoms with Gasteiger partial charge in [0, 0.05) is 35.1 Å². The third-order valence-electron chi connectivity index (χ3n) is 5.28. The molecule has 6 aromatic rings. The Bertz CT molecular complexity index is 1490. The molecule has 0 saturated carbocycles. The van der Waals surface area contributed by atoms with Crippen LogP contribution >= 0.6 is 0 Å². The van der Waals surface area contributed by atoms with Crippen molar-refractivity contribution in [1.82, 2.24) is 19.4 Å². The van der Waals surface area contributed by atoms with Crippen LogP contribution in [0.3, 0.4) is 0 Å². The van der Waals surface area contributed by atoms with E-state index in [1.807, 2.05) is 48.7 Å². The molecule has 136 valence electrons. The fourth-order valence-corrected chi connectivity index (χ4v) is 3.92. The van der Waals surface area contributed by atoms with Gasteiger partial charge in [0.1, 0.15) is 11.2 Å². The number of hydrogen-bond acceptors (Lipinski definition) is 3. The predicted molar refractivity (Wildman–Crippen MR) is 117 cm³/mol. The maximum absolute atomic E-state index is 5.05. The first-order valence-corrected chi connectivity index (χ1v) is 9.55. The Morgan fingerprint density at radius 1 is 0.690 bits per heavy atom. The molecular weight excluding hydrogens is 356 g/mol. The second-order valence-corrected chi connectivity index (χ2v) is 7.04. The summed E-state index contributed by atoms with van der Waals surface area (Å²) in [6, 6.07) is 26.8. The molecule has 4 nitrogen and oxygen atoms in total. The fraction of sp³-hybridized carbons (Fsp3) is 0. The standard InChI is InChI=1S/C25H16N4/c1-2-7-17(8-3-1)23-25-24(28-22-10-4-5-14-29(22)25)20-15-18(11-12-21(20)27-23)19-9-6-13-26-16-19/h1-16H. The molecule has 0 unspecified atom stereocenters. The van der Waals surface area contributed by atoms with Gasteiger partial charge < -0.3 is 0 Å². The van der Waals surface area contributed by atoms with Gasteiger partial charge in [-0.3, -0.25) is 9.38 Å². The Morgan fingerprint density at radius 3 is 2.41 bits per heavy atom. The molecule has 4 aromatic heterocycles. The van der Waals surface area contributed by atoms with Crippen LogP contribution < -0.4 is 0 Å². The molecule has 0 fully saturated rings. The van der Waals surface area contributed by atoms with E-state index in [-0.39, 0.29) is 0 Å². The van der Waals surface area contributed by atoms with Gasteiger partial charge in [0.2, 0.25) is 0 Å². The lowest BCUT2D eigenvalue weighted by Crippen LogP contribution is -1.92. The van der Waals surface area contributed by atoms with E-state index in [9.17, 15) is 0 Å². The molecule has 0 aliphatic heterocycles. The van der Waals surface area contributed by atoms with Gasteiger partial charge in [0.15, 0.2) is 0 Å². The first-order valence-electron chi connectivity index (χ1n) is 9.55. The SMILES string of the molecule is c1ccc(-c2nc3ccc(-c4cccnc4)cc3c3nc4ccccn4c23)cc1. The summed E-state index contributed by atoms with van der Waals surface area (Å²) in [5, 5.41) is 1.05. The third kappa shape index (κ3) is 2.50. The van der Waals surface area contributed by atoms with Gasteiger partial charge in [-0.15, -0.1) is 0 Å². The molecule has 2 aromatic carbocycles. The summed E-state index contributed by atoms with van der Waals surface area (Å²) in [7, 11) is 0. The van der Waals surface area contributed by atoms with Crippen LogP contribution in [0.4, 0.5) is 0 Å². The number of pyridine rings is 3. The average Bonchev–Trinajstić information content (AvgIpc) is 3.19. The van der Waals surface area contributed by atoms with E-state index < -0.39 is 0 Å². The van der Waals surface area contributed by atoms with E-state index in [0.29, 0.717) is 0 Å². The van der Waals surface area contributed by atoms with Crippen LogP contribution in [0.25, 0.3) is 50.0 Å². The van der Waals surface area contributed by atoms with E-state index in [1.54, 1.807) is 6.20 Å². The van der Waals surface area contributed by atoms with Crippen LogP contribution in [0.15, 0.2) is 97.5 Å². The van der Waals surface area contributed by atoms with E-state index in [0.717, 1.165) is 50.0 Å². The number of rotatable bonds is 2. The largest absolute Gasteiger partial charge is 0.298 e. The van der Waals surface area contributed by atoms with Gasteiger partial charge in [0.05, 0.1) is 16.7 Å². The molecule has 0 amide bonds. The Balaban J connectivity index is 1.75. The first kappa shape index (κ1) is 16.0. The number of nitrogens with zero attached hydrogens (tertiary/aromatic N) is 4. The Kier molecular flexibility index (Phi) is 3.43. The minimum absolute atomic E-state index is 0.917. The molecule has 0 atom stereocenters. The highest BCUT2D eigenvalue weighted by Gasteiger charge is 2.16. The highest BCUT2D eigenvalue weighted by atomic mass is 15.0. The van der Waals surface area contributed by atoms with Gasteiger partial charge >= 0.3 is 0 Å². The van der Waals surface area contributed by atoms with E-state index in [4.69, 9.17) is 9.97 Å². The third-order valence-corrected chi connectivity index (χ3v) is 5.28. The minimum atomic E-state index is 0.917. The summed E-state index contributed by atoms with van der Waals surface area (Å²) in [5.41, 5.74) is 8.07. The zero-order chi connectivity index (χ0) is 19.2. The molecule has 4 heteroatoms. The second-order valence-electron chi connectivity index (χ2n) is 7.04. The van der Waals surface area contributed by atoms with Crippen molar-refractivity contribution >= 4 is 27.6 Å². The van der Waals surface area contributed by atoms with Crippen molar-refractivity contribution in [1.29, 1.82) is 0 Å². The maximum Gasteiger partial charge on any atom is 0.137 e. The highest BCUT2D eigenvalue weighted by molar-refractivity contribution is 6.10. The first-order chi connectivity index (χ1) is 14.4. The quantitative estimate of drug-likeness (QED) is 0.388. The van der Waals surface area contributed by atoms with E-state index in [1.165, 1.54) is 0 Å². The van der Waals surface area contributed by atoms with Crippen molar-refractivity contribution in [2.75, 3.05) is 0 Å². The van der Waals surface area contributed by atoms with Crippen LogP contribution in [0.2, 0.25) is 0 Å². The smallest absolute Gasteiger partial charge is 0.137 e. The summed E-state index contributed by atoms with van der Waals surface area (Å²) >= 11 is 0. The van der Waals surface area contributed by atoms with Gasteiger partial charge in [-0.25, -0.2) is 9.97 Å². The molecule has 6 rings (SSSR count). The molecule has 0 saturated heterocycles. The lowest BCUT2D eigenvalue weighted by Gasteiger charge is -2.09. The normalized spacial score (nSPS) is 11.4. The van der Waals surface area contributed by atoms with E-state index >= 15 is 0 Å². The summed E-state index contributed by atoms with van der Waals surface area (Å²) in [6.07, 6.45) is 5.72. The molecule has 29 heavy (non-hydrogen) atoms. The van der Waals surface area contributed by atoms with Crippen molar-refractivity contribution in [2.24, 2.45) is 0 Å². The average molecular weight is 372 g/mol.